The highest BCUT2D eigenvalue weighted by molar-refractivity contribution is 7.55. The number of nitriles is 1. The van der Waals surface area contributed by atoms with Gasteiger partial charge in [-0.3, -0.25) is 4.57 Å². The van der Waals surface area contributed by atoms with Gasteiger partial charge in [0.25, 0.3) is 0 Å². The van der Waals surface area contributed by atoms with Gasteiger partial charge in [-0.1, -0.05) is 6.08 Å². The second kappa shape index (κ2) is 6.78. The van der Waals surface area contributed by atoms with Crippen LogP contribution >= 0.6 is 7.60 Å². The summed E-state index contributed by atoms with van der Waals surface area (Å²) in [5.41, 5.74) is -0.750. The molecule has 0 N–H and O–H groups in total. The molecule has 0 aliphatic carbocycles. The van der Waals surface area contributed by atoms with E-state index in [1.165, 1.54) is 0 Å². The normalized spacial score (nSPS) is 13.2. The Morgan fingerprint density at radius 2 is 2.00 bits per heavy atom. The molecule has 0 aliphatic rings. The van der Waals surface area contributed by atoms with E-state index < -0.39 is 13.3 Å². The highest BCUT2D eigenvalue weighted by atomic mass is 31.2. The Bertz CT molecular complexity index is 249. The predicted molar refractivity (Wildman–Crippen MR) is 55.1 cm³/mol. The van der Waals surface area contributed by atoms with Crippen molar-refractivity contribution in [3.63, 3.8) is 0 Å². The Balaban J connectivity index is 4.68. The summed E-state index contributed by atoms with van der Waals surface area (Å²) in [4.78, 5) is 0. The molecule has 0 radical (unpaired) electrons. The van der Waals surface area contributed by atoms with Gasteiger partial charge < -0.3 is 9.05 Å². The number of hydrogen-bond donors (Lipinski definition) is 0. The molecule has 0 spiro atoms. The second-order valence-electron chi connectivity index (χ2n) is 2.54. The first-order valence-corrected chi connectivity index (χ1v) is 6.15. The van der Waals surface area contributed by atoms with E-state index in [-0.39, 0.29) is 13.2 Å². The van der Waals surface area contributed by atoms with Gasteiger partial charge in [-0.15, -0.1) is 6.58 Å². The van der Waals surface area contributed by atoms with Crippen molar-refractivity contribution in [3.05, 3.63) is 12.7 Å². The van der Waals surface area contributed by atoms with Crippen LogP contribution in [0.3, 0.4) is 0 Å². The first kappa shape index (κ1) is 13.4. The van der Waals surface area contributed by atoms with Crippen LogP contribution < -0.4 is 0 Å². The molecule has 0 amide bonds. The van der Waals surface area contributed by atoms with Gasteiger partial charge in [0.05, 0.1) is 19.3 Å². The molecule has 1 atom stereocenters. The third kappa shape index (κ3) is 3.63. The maximum Gasteiger partial charge on any atom is 0.348 e. The van der Waals surface area contributed by atoms with Gasteiger partial charge in [-0.25, -0.2) is 0 Å². The van der Waals surface area contributed by atoms with Crippen LogP contribution in [-0.2, 0) is 13.6 Å². The molecule has 0 saturated carbocycles. The van der Waals surface area contributed by atoms with Crippen LogP contribution in [0.4, 0.5) is 0 Å². The standard InChI is InChI=1S/C9H16NO3P/c1-4-7-9(8-10)14(11,12-5-2)13-6-3/h4,9H,1,5-7H2,2-3H3. The van der Waals surface area contributed by atoms with Crippen molar-refractivity contribution in [3.8, 4) is 6.07 Å². The summed E-state index contributed by atoms with van der Waals surface area (Å²) in [6, 6.07) is 1.93. The van der Waals surface area contributed by atoms with Crippen LogP contribution in [0.5, 0.6) is 0 Å². The van der Waals surface area contributed by atoms with Gasteiger partial charge in [-0.05, 0) is 20.3 Å². The first-order valence-electron chi connectivity index (χ1n) is 4.53. The molecule has 0 fully saturated rings. The maximum atomic E-state index is 12.0. The fourth-order valence-corrected chi connectivity index (χ4v) is 2.69. The van der Waals surface area contributed by atoms with Crippen LogP contribution in [0, 0.1) is 11.3 Å². The molecule has 0 bridgehead atoms. The lowest BCUT2D eigenvalue weighted by atomic mass is 10.3. The van der Waals surface area contributed by atoms with Crippen molar-refractivity contribution in [2.24, 2.45) is 0 Å². The van der Waals surface area contributed by atoms with Gasteiger partial charge >= 0.3 is 7.60 Å². The summed E-state index contributed by atoms with van der Waals surface area (Å²) in [6.07, 6.45) is 1.85. The number of hydrogen-bond acceptors (Lipinski definition) is 4. The van der Waals surface area contributed by atoms with E-state index in [1.807, 2.05) is 6.07 Å². The molecule has 0 heterocycles. The zero-order valence-corrected chi connectivity index (χ0v) is 9.50. The fraction of sp³-hybridized carbons (Fsp3) is 0.667. The summed E-state index contributed by atoms with van der Waals surface area (Å²) < 4.78 is 22.1. The lowest BCUT2D eigenvalue weighted by Gasteiger charge is -2.20. The molecule has 14 heavy (non-hydrogen) atoms. The SMILES string of the molecule is C=CCC(C#N)P(=O)(OCC)OCC. The predicted octanol–water partition coefficient (Wildman–Crippen LogP) is 2.72. The lowest BCUT2D eigenvalue weighted by Crippen LogP contribution is -2.10. The molecule has 0 rings (SSSR count). The molecule has 1 unspecified atom stereocenters. The van der Waals surface area contributed by atoms with Gasteiger partial charge in [0.15, 0.2) is 5.66 Å². The van der Waals surface area contributed by atoms with Crippen LogP contribution in [0.1, 0.15) is 20.3 Å². The van der Waals surface area contributed by atoms with E-state index in [0.717, 1.165) is 0 Å². The van der Waals surface area contributed by atoms with Crippen molar-refractivity contribution in [1.82, 2.24) is 0 Å². The summed E-state index contributed by atoms with van der Waals surface area (Å²) in [7, 11) is -3.28. The van der Waals surface area contributed by atoms with E-state index in [2.05, 4.69) is 6.58 Å². The largest absolute Gasteiger partial charge is 0.348 e. The van der Waals surface area contributed by atoms with Crippen molar-refractivity contribution < 1.29 is 13.6 Å². The maximum absolute atomic E-state index is 12.0. The zero-order chi connectivity index (χ0) is 11.0. The Morgan fingerprint density at radius 3 is 2.29 bits per heavy atom. The van der Waals surface area contributed by atoms with Crippen LogP contribution in [-0.4, -0.2) is 18.9 Å². The van der Waals surface area contributed by atoms with E-state index in [4.69, 9.17) is 14.3 Å². The Kier molecular flexibility index (Phi) is 6.48. The molecule has 80 valence electrons. The van der Waals surface area contributed by atoms with E-state index in [0.29, 0.717) is 6.42 Å². The third-order valence-corrected chi connectivity index (χ3v) is 3.86. The van der Waals surface area contributed by atoms with E-state index in [1.54, 1.807) is 19.9 Å². The molecular weight excluding hydrogens is 201 g/mol. The number of rotatable bonds is 7. The Labute approximate surface area is 85.1 Å². The third-order valence-electron chi connectivity index (χ3n) is 1.54. The van der Waals surface area contributed by atoms with Gasteiger partial charge in [0.1, 0.15) is 0 Å². The van der Waals surface area contributed by atoms with Crippen molar-refractivity contribution >= 4 is 7.60 Å². The van der Waals surface area contributed by atoms with Crippen molar-refractivity contribution in [2.45, 2.75) is 25.9 Å². The van der Waals surface area contributed by atoms with Gasteiger partial charge in [0, 0.05) is 0 Å². The summed E-state index contributed by atoms with van der Waals surface area (Å²) in [5.74, 6) is 0. The van der Waals surface area contributed by atoms with Crippen molar-refractivity contribution in [2.75, 3.05) is 13.2 Å². The minimum absolute atomic E-state index is 0.270. The summed E-state index contributed by atoms with van der Waals surface area (Å²) in [6.45, 7) is 7.47. The monoisotopic (exact) mass is 217 g/mol. The quantitative estimate of drug-likeness (QED) is 0.486. The average molecular weight is 217 g/mol. The molecule has 4 nitrogen and oxygen atoms in total. The number of nitrogens with zero attached hydrogens (tertiary/aromatic N) is 1. The fourth-order valence-electron chi connectivity index (χ4n) is 0.987. The minimum atomic E-state index is -3.28. The molecular formula is C9H16NO3P. The molecule has 5 heteroatoms. The van der Waals surface area contributed by atoms with Crippen molar-refractivity contribution in [1.29, 1.82) is 5.26 Å². The zero-order valence-electron chi connectivity index (χ0n) is 8.60. The molecule has 0 saturated heterocycles. The van der Waals surface area contributed by atoms with Crippen LogP contribution in [0.2, 0.25) is 0 Å². The highest BCUT2D eigenvalue weighted by Crippen LogP contribution is 2.53. The van der Waals surface area contributed by atoms with Crippen LogP contribution in [0.25, 0.3) is 0 Å². The Morgan fingerprint density at radius 1 is 1.50 bits per heavy atom. The van der Waals surface area contributed by atoms with Gasteiger partial charge in [-0.2, -0.15) is 5.26 Å². The Hall–Kier alpha value is -0.620. The topological polar surface area (TPSA) is 59.3 Å². The van der Waals surface area contributed by atoms with E-state index in [9.17, 15) is 4.57 Å². The first-order chi connectivity index (χ1) is 6.64. The molecule has 0 aromatic carbocycles. The minimum Gasteiger partial charge on any atom is -0.308 e. The lowest BCUT2D eigenvalue weighted by molar-refractivity contribution is 0.216. The average Bonchev–Trinajstić information content (AvgIpc) is 2.14. The molecule has 0 aliphatic heterocycles. The van der Waals surface area contributed by atoms with Crippen LogP contribution in [0.15, 0.2) is 12.7 Å². The summed E-state index contributed by atoms with van der Waals surface area (Å²) in [5, 5.41) is 8.82. The molecule has 0 aromatic heterocycles. The van der Waals surface area contributed by atoms with Gasteiger partial charge in [0.2, 0.25) is 0 Å². The summed E-state index contributed by atoms with van der Waals surface area (Å²) >= 11 is 0. The number of allylic oxidation sites excluding steroid dienone is 1. The smallest absolute Gasteiger partial charge is 0.308 e. The highest BCUT2D eigenvalue weighted by Gasteiger charge is 2.34. The van der Waals surface area contributed by atoms with E-state index >= 15 is 0 Å². The molecule has 0 aromatic rings. The second-order valence-corrected chi connectivity index (χ2v) is 4.76.